The van der Waals surface area contributed by atoms with Gasteiger partial charge in [0.2, 0.25) is 5.91 Å². The van der Waals surface area contributed by atoms with Gasteiger partial charge >= 0.3 is 0 Å². The van der Waals surface area contributed by atoms with Crippen LogP contribution in [0.5, 0.6) is 0 Å². The molecule has 0 bridgehead atoms. The van der Waals surface area contributed by atoms with Gasteiger partial charge in [0.15, 0.2) is 0 Å². The van der Waals surface area contributed by atoms with Gasteiger partial charge in [-0.2, -0.15) is 0 Å². The van der Waals surface area contributed by atoms with Crippen molar-refractivity contribution in [2.75, 3.05) is 5.32 Å². The minimum absolute atomic E-state index is 0.0366. The summed E-state index contributed by atoms with van der Waals surface area (Å²) >= 11 is 0. The van der Waals surface area contributed by atoms with Crippen molar-refractivity contribution in [2.24, 2.45) is 5.92 Å². The molecule has 2 amide bonds. The van der Waals surface area contributed by atoms with Gasteiger partial charge in [-0.3, -0.25) is 9.59 Å². The second-order valence-corrected chi connectivity index (χ2v) is 6.04. The lowest BCUT2D eigenvalue weighted by Crippen LogP contribution is -2.33. The van der Waals surface area contributed by atoms with E-state index in [2.05, 4.69) is 24.5 Å². The molecule has 1 aromatic rings. The maximum Gasteiger partial charge on any atom is 0.251 e. The fourth-order valence-electron chi connectivity index (χ4n) is 2.66. The zero-order valence-corrected chi connectivity index (χ0v) is 13.0. The van der Waals surface area contributed by atoms with Gasteiger partial charge in [-0.15, -0.1) is 0 Å². The largest absolute Gasteiger partial charge is 0.350 e. The summed E-state index contributed by atoms with van der Waals surface area (Å²) in [5.41, 5.74) is 2.54. The summed E-state index contributed by atoms with van der Waals surface area (Å²) in [6.45, 7) is 6.41. The molecule has 1 aromatic carbocycles. The molecule has 2 rings (SSSR count). The first-order valence-electron chi connectivity index (χ1n) is 7.73. The highest BCUT2D eigenvalue weighted by Crippen LogP contribution is 2.23. The van der Waals surface area contributed by atoms with Gasteiger partial charge in [-0.25, -0.2) is 0 Å². The molecule has 0 spiro atoms. The van der Waals surface area contributed by atoms with E-state index in [9.17, 15) is 9.59 Å². The lowest BCUT2D eigenvalue weighted by molar-refractivity contribution is -0.116. The lowest BCUT2D eigenvalue weighted by atomic mass is 9.98. The standard InChI is InChI=1S/C17H24N2O2/c1-4-11(2)9-12(3)18-17(21)14-5-7-15-13(10-14)6-8-16(20)19-15/h5,7,10-12H,4,6,8-9H2,1-3H3,(H,18,21)(H,19,20). The number of benzene rings is 1. The molecule has 2 atom stereocenters. The Hall–Kier alpha value is -1.84. The van der Waals surface area contributed by atoms with Crippen molar-refractivity contribution in [3.05, 3.63) is 29.3 Å². The van der Waals surface area contributed by atoms with E-state index in [4.69, 9.17) is 0 Å². The van der Waals surface area contributed by atoms with Gasteiger partial charge in [0.05, 0.1) is 0 Å². The molecule has 0 fully saturated rings. The number of anilines is 1. The maximum atomic E-state index is 12.3. The number of amides is 2. The highest BCUT2D eigenvalue weighted by Gasteiger charge is 2.17. The van der Waals surface area contributed by atoms with Gasteiger partial charge < -0.3 is 10.6 Å². The summed E-state index contributed by atoms with van der Waals surface area (Å²) in [5.74, 6) is 0.617. The number of hydrogen-bond acceptors (Lipinski definition) is 2. The molecular formula is C17H24N2O2. The van der Waals surface area contributed by atoms with Crippen LogP contribution in [0.3, 0.4) is 0 Å². The Morgan fingerprint density at radius 2 is 2.10 bits per heavy atom. The second-order valence-electron chi connectivity index (χ2n) is 6.04. The fourth-order valence-corrected chi connectivity index (χ4v) is 2.66. The molecule has 2 unspecified atom stereocenters. The molecule has 0 aromatic heterocycles. The van der Waals surface area contributed by atoms with E-state index in [1.54, 1.807) is 6.07 Å². The van der Waals surface area contributed by atoms with Crippen LogP contribution < -0.4 is 10.6 Å². The smallest absolute Gasteiger partial charge is 0.251 e. The average Bonchev–Trinajstić information content (AvgIpc) is 2.46. The molecule has 1 aliphatic heterocycles. The minimum Gasteiger partial charge on any atom is -0.350 e. The van der Waals surface area contributed by atoms with Crippen molar-refractivity contribution < 1.29 is 9.59 Å². The lowest BCUT2D eigenvalue weighted by Gasteiger charge is -2.19. The topological polar surface area (TPSA) is 58.2 Å². The third-order valence-corrected chi connectivity index (χ3v) is 4.09. The normalized spacial score (nSPS) is 16.6. The zero-order valence-electron chi connectivity index (χ0n) is 13.0. The predicted molar refractivity (Wildman–Crippen MR) is 84.4 cm³/mol. The molecular weight excluding hydrogens is 264 g/mol. The van der Waals surface area contributed by atoms with Crippen molar-refractivity contribution in [1.82, 2.24) is 5.32 Å². The molecule has 4 heteroatoms. The Morgan fingerprint density at radius 1 is 1.33 bits per heavy atom. The number of fused-ring (bicyclic) bond motifs is 1. The summed E-state index contributed by atoms with van der Waals surface area (Å²) in [6, 6.07) is 5.65. The Morgan fingerprint density at radius 3 is 2.81 bits per heavy atom. The quantitative estimate of drug-likeness (QED) is 0.874. The van der Waals surface area contributed by atoms with Crippen LogP contribution in [0.1, 0.15) is 56.0 Å². The monoisotopic (exact) mass is 288 g/mol. The van der Waals surface area contributed by atoms with Crippen molar-refractivity contribution in [1.29, 1.82) is 0 Å². The molecule has 0 saturated heterocycles. The molecule has 0 saturated carbocycles. The van der Waals surface area contributed by atoms with Gasteiger partial charge in [-0.1, -0.05) is 20.3 Å². The van der Waals surface area contributed by atoms with E-state index >= 15 is 0 Å². The van der Waals surface area contributed by atoms with Gasteiger partial charge in [0.1, 0.15) is 0 Å². The first-order valence-corrected chi connectivity index (χ1v) is 7.73. The Bertz CT molecular complexity index is 540. The third-order valence-electron chi connectivity index (χ3n) is 4.09. The number of rotatable bonds is 5. The zero-order chi connectivity index (χ0) is 15.4. The van der Waals surface area contributed by atoms with Crippen LogP contribution in [-0.2, 0) is 11.2 Å². The number of hydrogen-bond donors (Lipinski definition) is 2. The fraction of sp³-hybridized carbons (Fsp3) is 0.529. The maximum absolute atomic E-state index is 12.3. The molecule has 1 heterocycles. The van der Waals surface area contributed by atoms with Crippen LogP contribution in [-0.4, -0.2) is 17.9 Å². The number of carbonyl (C=O) groups excluding carboxylic acids is 2. The van der Waals surface area contributed by atoms with Gasteiger partial charge in [0.25, 0.3) is 5.91 Å². The van der Waals surface area contributed by atoms with Crippen LogP contribution in [0.15, 0.2) is 18.2 Å². The van der Waals surface area contributed by atoms with Crippen LogP contribution in [0.25, 0.3) is 0 Å². The third kappa shape index (κ3) is 4.06. The highest BCUT2D eigenvalue weighted by molar-refractivity contribution is 5.98. The average molecular weight is 288 g/mol. The van der Waals surface area contributed by atoms with Crippen molar-refractivity contribution in [2.45, 2.75) is 52.5 Å². The van der Waals surface area contributed by atoms with E-state index in [1.807, 2.05) is 19.1 Å². The molecule has 114 valence electrons. The van der Waals surface area contributed by atoms with Crippen molar-refractivity contribution in [3.8, 4) is 0 Å². The van der Waals surface area contributed by atoms with Crippen LogP contribution >= 0.6 is 0 Å². The van der Waals surface area contributed by atoms with Crippen LogP contribution in [0, 0.1) is 5.92 Å². The first-order chi connectivity index (χ1) is 9.99. The molecule has 4 nitrogen and oxygen atoms in total. The molecule has 21 heavy (non-hydrogen) atoms. The number of aryl methyl sites for hydroxylation is 1. The number of carbonyl (C=O) groups is 2. The molecule has 0 radical (unpaired) electrons. The second kappa shape index (κ2) is 6.74. The summed E-state index contributed by atoms with van der Waals surface area (Å²) < 4.78 is 0. The summed E-state index contributed by atoms with van der Waals surface area (Å²) in [5, 5.41) is 5.88. The summed E-state index contributed by atoms with van der Waals surface area (Å²) in [7, 11) is 0. The van der Waals surface area contributed by atoms with E-state index in [0.717, 1.165) is 24.1 Å². The van der Waals surface area contributed by atoms with Crippen LogP contribution in [0.4, 0.5) is 5.69 Å². The van der Waals surface area contributed by atoms with E-state index in [-0.39, 0.29) is 17.9 Å². The van der Waals surface area contributed by atoms with Crippen molar-refractivity contribution >= 4 is 17.5 Å². The van der Waals surface area contributed by atoms with Crippen molar-refractivity contribution in [3.63, 3.8) is 0 Å². The summed E-state index contributed by atoms with van der Waals surface area (Å²) in [4.78, 5) is 23.6. The van der Waals surface area contributed by atoms with E-state index in [0.29, 0.717) is 24.3 Å². The van der Waals surface area contributed by atoms with Gasteiger partial charge in [-0.05, 0) is 49.4 Å². The predicted octanol–water partition coefficient (Wildman–Crippen LogP) is 3.13. The Kier molecular flexibility index (Phi) is 4.99. The Balaban J connectivity index is 2.01. The minimum atomic E-state index is -0.0366. The summed E-state index contributed by atoms with van der Waals surface area (Å²) in [6.07, 6.45) is 3.30. The van der Waals surface area contributed by atoms with E-state index < -0.39 is 0 Å². The molecule has 1 aliphatic rings. The Labute approximate surface area is 126 Å². The highest BCUT2D eigenvalue weighted by atomic mass is 16.2. The first kappa shape index (κ1) is 15.5. The number of nitrogens with one attached hydrogen (secondary N) is 2. The van der Waals surface area contributed by atoms with Gasteiger partial charge in [0, 0.05) is 23.7 Å². The molecule has 0 aliphatic carbocycles. The molecule has 2 N–H and O–H groups in total. The SMILES string of the molecule is CCC(C)CC(C)NC(=O)c1ccc2c(c1)CCC(=O)N2. The van der Waals surface area contributed by atoms with E-state index in [1.165, 1.54) is 0 Å². The van der Waals surface area contributed by atoms with Crippen LogP contribution in [0.2, 0.25) is 0 Å².